The molecular formula is C15H18F3N3O4S. The predicted molar refractivity (Wildman–Crippen MR) is 88.3 cm³/mol. The highest BCUT2D eigenvalue weighted by Gasteiger charge is 2.31. The summed E-state index contributed by atoms with van der Waals surface area (Å²) in [5.74, 6) is -0.770. The third kappa shape index (κ3) is 5.61. The molecule has 0 bridgehead atoms. The Balaban J connectivity index is 1.84. The number of rotatable bonds is 4. The van der Waals surface area contributed by atoms with E-state index in [1.54, 1.807) is 0 Å². The minimum absolute atomic E-state index is 0.00189. The van der Waals surface area contributed by atoms with E-state index in [9.17, 15) is 31.2 Å². The Morgan fingerprint density at radius 3 is 2.31 bits per heavy atom. The van der Waals surface area contributed by atoms with Crippen LogP contribution >= 0.6 is 0 Å². The van der Waals surface area contributed by atoms with Crippen LogP contribution in [0.25, 0.3) is 0 Å². The van der Waals surface area contributed by atoms with Crippen LogP contribution in [0.5, 0.6) is 0 Å². The number of carbonyl (C=O) groups excluding carboxylic acids is 2. The van der Waals surface area contributed by atoms with Gasteiger partial charge in [0.2, 0.25) is 5.91 Å². The molecular weight excluding hydrogens is 375 g/mol. The number of sulfone groups is 1. The summed E-state index contributed by atoms with van der Waals surface area (Å²) in [5, 5.41) is 7.21. The van der Waals surface area contributed by atoms with Crippen molar-refractivity contribution in [3.63, 3.8) is 0 Å². The molecule has 1 fully saturated rings. The van der Waals surface area contributed by atoms with Crippen molar-refractivity contribution in [3.05, 3.63) is 29.8 Å². The van der Waals surface area contributed by atoms with E-state index >= 15 is 0 Å². The Morgan fingerprint density at radius 2 is 1.81 bits per heavy atom. The zero-order valence-corrected chi connectivity index (χ0v) is 14.6. The summed E-state index contributed by atoms with van der Waals surface area (Å²) in [5.41, 5.74) is -0.688. The number of hydrogen-bond donors (Lipinski definition) is 3. The van der Waals surface area contributed by atoms with E-state index in [0.717, 1.165) is 24.3 Å². The Kier molecular flexibility index (Phi) is 5.79. The van der Waals surface area contributed by atoms with Gasteiger partial charge in [-0.3, -0.25) is 4.79 Å². The molecule has 144 valence electrons. The second-order valence-corrected chi connectivity index (χ2v) is 8.23. The number of benzene rings is 1. The average Bonchev–Trinajstić information content (AvgIpc) is 2.85. The molecule has 11 heteroatoms. The molecule has 7 nitrogen and oxygen atoms in total. The van der Waals surface area contributed by atoms with Crippen LogP contribution in [-0.4, -0.2) is 43.9 Å². The molecule has 1 aromatic carbocycles. The summed E-state index contributed by atoms with van der Waals surface area (Å²) in [6.45, 7) is 1.39. The lowest BCUT2D eigenvalue weighted by Gasteiger charge is -2.17. The van der Waals surface area contributed by atoms with Gasteiger partial charge in [0.1, 0.15) is 6.04 Å². The Morgan fingerprint density at radius 1 is 1.19 bits per heavy atom. The van der Waals surface area contributed by atoms with Crippen LogP contribution in [0.15, 0.2) is 24.3 Å². The van der Waals surface area contributed by atoms with Gasteiger partial charge in [-0.15, -0.1) is 0 Å². The van der Waals surface area contributed by atoms with E-state index < -0.39 is 45.6 Å². The Hall–Kier alpha value is -2.30. The molecule has 0 aromatic heterocycles. The van der Waals surface area contributed by atoms with E-state index in [0.29, 0.717) is 6.42 Å². The summed E-state index contributed by atoms with van der Waals surface area (Å²) in [7, 11) is -3.14. The van der Waals surface area contributed by atoms with Crippen molar-refractivity contribution in [3.8, 4) is 0 Å². The van der Waals surface area contributed by atoms with Gasteiger partial charge in [-0.25, -0.2) is 13.2 Å². The fourth-order valence-electron chi connectivity index (χ4n) is 2.39. The van der Waals surface area contributed by atoms with Crippen molar-refractivity contribution in [2.75, 3.05) is 16.8 Å². The molecule has 26 heavy (non-hydrogen) atoms. The van der Waals surface area contributed by atoms with Crippen molar-refractivity contribution in [1.82, 2.24) is 10.6 Å². The van der Waals surface area contributed by atoms with E-state index in [1.165, 1.54) is 6.92 Å². The molecule has 2 atom stereocenters. The second kappa shape index (κ2) is 7.52. The molecule has 1 aromatic rings. The fraction of sp³-hybridized carbons (Fsp3) is 0.467. The van der Waals surface area contributed by atoms with Crippen LogP contribution in [-0.2, 0) is 20.8 Å². The van der Waals surface area contributed by atoms with Crippen molar-refractivity contribution < 1.29 is 31.2 Å². The normalized spacial score (nSPS) is 20.2. The number of alkyl halides is 3. The molecule has 2 rings (SSSR count). The highest BCUT2D eigenvalue weighted by molar-refractivity contribution is 7.91. The summed E-state index contributed by atoms with van der Waals surface area (Å²) in [6, 6.07) is 1.71. The van der Waals surface area contributed by atoms with Crippen molar-refractivity contribution in [2.45, 2.75) is 31.6 Å². The molecule has 0 spiro atoms. The van der Waals surface area contributed by atoms with E-state index in [1.807, 2.05) is 0 Å². The quantitative estimate of drug-likeness (QED) is 0.721. The molecule has 1 aliphatic rings. The van der Waals surface area contributed by atoms with Gasteiger partial charge in [-0.05, 0) is 37.6 Å². The first-order valence-electron chi connectivity index (χ1n) is 7.72. The summed E-state index contributed by atoms with van der Waals surface area (Å²) < 4.78 is 60.1. The molecule has 3 amide bonds. The lowest BCUT2D eigenvalue weighted by atomic mass is 10.2. The number of halogens is 3. The summed E-state index contributed by atoms with van der Waals surface area (Å²) in [6.07, 6.45) is -4.16. The number of urea groups is 1. The molecule has 3 N–H and O–H groups in total. The van der Waals surface area contributed by atoms with Gasteiger partial charge >= 0.3 is 12.2 Å². The summed E-state index contributed by atoms with van der Waals surface area (Å²) in [4.78, 5) is 23.8. The number of nitrogens with one attached hydrogen (secondary N) is 3. The zero-order chi connectivity index (χ0) is 19.5. The van der Waals surface area contributed by atoms with Crippen LogP contribution < -0.4 is 16.0 Å². The molecule has 1 saturated heterocycles. The molecule has 0 aliphatic carbocycles. The minimum Gasteiger partial charge on any atom is -0.334 e. The Labute approximate surface area is 148 Å². The van der Waals surface area contributed by atoms with Crippen molar-refractivity contribution in [1.29, 1.82) is 0 Å². The number of anilines is 1. The van der Waals surface area contributed by atoms with Gasteiger partial charge in [0.25, 0.3) is 0 Å². The maximum atomic E-state index is 12.5. The molecule has 0 saturated carbocycles. The molecule has 0 radical (unpaired) electrons. The number of carbonyl (C=O) groups is 2. The van der Waals surface area contributed by atoms with E-state index in [-0.39, 0.29) is 17.2 Å². The van der Waals surface area contributed by atoms with Crippen LogP contribution in [0, 0.1) is 0 Å². The average molecular weight is 393 g/mol. The molecule has 1 heterocycles. The zero-order valence-electron chi connectivity index (χ0n) is 13.8. The maximum Gasteiger partial charge on any atom is 0.416 e. The highest BCUT2D eigenvalue weighted by atomic mass is 32.2. The minimum atomic E-state index is -4.47. The lowest BCUT2D eigenvalue weighted by Crippen LogP contribution is -2.49. The maximum absolute atomic E-state index is 12.5. The first-order chi connectivity index (χ1) is 12.0. The first-order valence-corrected chi connectivity index (χ1v) is 9.54. The van der Waals surface area contributed by atoms with Gasteiger partial charge < -0.3 is 16.0 Å². The van der Waals surface area contributed by atoms with Crippen LogP contribution in [0.3, 0.4) is 0 Å². The largest absolute Gasteiger partial charge is 0.416 e. The van der Waals surface area contributed by atoms with Crippen LogP contribution in [0.2, 0.25) is 0 Å². The van der Waals surface area contributed by atoms with Crippen LogP contribution in [0.1, 0.15) is 18.9 Å². The Bertz CT molecular complexity index is 778. The summed E-state index contributed by atoms with van der Waals surface area (Å²) >= 11 is 0. The lowest BCUT2D eigenvalue weighted by molar-refractivity contribution is -0.137. The van der Waals surface area contributed by atoms with Gasteiger partial charge in [0.15, 0.2) is 9.84 Å². The van der Waals surface area contributed by atoms with Gasteiger partial charge in [-0.2, -0.15) is 13.2 Å². The van der Waals surface area contributed by atoms with E-state index in [4.69, 9.17) is 0 Å². The van der Waals surface area contributed by atoms with Crippen molar-refractivity contribution >= 4 is 27.5 Å². The number of amides is 3. The second-order valence-electron chi connectivity index (χ2n) is 6.00. The fourth-order valence-corrected chi connectivity index (χ4v) is 4.06. The SMILES string of the molecule is C[C@H](NC(=O)N[C@H]1CCS(=O)(=O)C1)C(=O)Nc1ccc(C(F)(F)F)cc1. The molecule has 0 unspecified atom stereocenters. The standard InChI is InChI=1S/C15H18F3N3O4S/c1-9(19-14(23)21-12-6-7-26(24,25)8-12)13(22)20-11-4-2-10(3-5-11)15(16,17)18/h2-5,9,12H,6-8H2,1H3,(H,20,22)(H2,19,21,23)/t9-,12-/m0/s1. The monoisotopic (exact) mass is 393 g/mol. The van der Waals surface area contributed by atoms with E-state index in [2.05, 4.69) is 16.0 Å². The van der Waals surface area contributed by atoms with Crippen LogP contribution in [0.4, 0.5) is 23.7 Å². The van der Waals surface area contributed by atoms with Gasteiger partial charge in [-0.1, -0.05) is 0 Å². The third-order valence-electron chi connectivity index (χ3n) is 3.79. The predicted octanol–water partition coefficient (Wildman–Crippen LogP) is 1.52. The third-order valence-corrected chi connectivity index (χ3v) is 5.56. The van der Waals surface area contributed by atoms with Crippen molar-refractivity contribution in [2.24, 2.45) is 0 Å². The molecule has 1 aliphatic heterocycles. The highest BCUT2D eigenvalue weighted by Crippen LogP contribution is 2.29. The topological polar surface area (TPSA) is 104 Å². The van der Waals surface area contributed by atoms with Gasteiger partial charge in [0, 0.05) is 11.7 Å². The number of hydrogen-bond acceptors (Lipinski definition) is 4. The smallest absolute Gasteiger partial charge is 0.334 e. The van der Waals surface area contributed by atoms with Gasteiger partial charge in [0.05, 0.1) is 17.1 Å². The first kappa shape index (κ1) is 20.0.